The molecule has 0 radical (unpaired) electrons. The molecule has 0 aliphatic rings. The lowest BCUT2D eigenvalue weighted by molar-refractivity contribution is -0.120. The van der Waals surface area contributed by atoms with Crippen LogP contribution in [-0.4, -0.2) is 35.0 Å². The fourth-order valence-electron chi connectivity index (χ4n) is 3.22. The van der Waals surface area contributed by atoms with Crippen LogP contribution in [0.25, 0.3) is 0 Å². The molecule has 1 amide bonds. The molecule has 0 heterocycles. The molecule has 156 valence electrons. The van der Waals surface area contributed by atoms with Gasteiger partial charge >= 0.3 is 0 Å². The van der Waals surface area contributed by atoms with Crippen molar-refractivity contribution in [2.75, 3.05) is 25.5 Å². The second-order valence-electron chi connectivity index (χ2n) is 7.30. The molecule has 1 atom stereocenters. The summed E-state index contributed by atoms with van der Waals surface area (Å²) in [5, 5.41) is 1.94. The molecule has 0 saturated carbocycles. The van der Waals surface area contributed by atoms with Crippen LogP contribution in [0.3, 0.4) is 0 Å². The van der Waals surface area contributed by atoms with Crippen molar-refractivity contribution in [3.63, 3.8) is 0 Å². The standard InChI is InChI=1S/C24H26N2O3S/c1-26(2)21-15-13-20(14-16-21)23(30(28,29)22-11-7-4-8-12-22)18-25-24(27)17-19-9-5-3-6-10-19/h3-16,23H,17-18H2,1-2H3,(H,25,27)/t23-/m1/s1. The number of amides is 1. The summed E-state index contributed by atoms with van der Waals surface area (Å²) < 4.78 is 26.7. The summed E-state index contributed by atoms with van der Waals surface area (Å²) in [5.74, 6) is -0.209. The summed E-state index contributed by atoms with van der Waals surface area (Å²) in [6, 6.07) is 25.1. The van der Waals surface area contributed by atoms with Crippen LogP contribution in [-0.2, 0) is 21.1 Å². The highest BCUT2D eigenvalue weighted by atomic mass is 32.2. The van der Waals surface area contributed by atoms with E-state index in [1.165, 1.54) is 0 Å². The average molecular weight is 423 g/mol. The molecule has 0 unspecified atom stereocenters. The van der Waals surface area contributed by atoms with Gasteiger partial charge in [-0.05, 0) is 35.4 Å². The van der Waals surface area contributed by atoms with Gasteiger partial charge in [-0.2, -0.15) is 0 Å². The Labute approximate surface area is 178 Å². The molecule has 0 aromatic heterocycles. The van der Waals surface area contributed by atoms with Gasteiger partial charge in [-0.1, -0.05) is 60.7 Å². The number of hydrogen-bond acceptors (Lipinski definition) is 4. The SMILES string of the molecule is CN(C)c1ccc([C@@H](CNC(=O)Cc2ccccc2)S(=O)(=O)c2ccccc2)cc1. The Kier molecular flexibility index (Phi) is 6.90. The van der Waals surface area contributed by atoms with E-state index in [4.69, 9.17) is 0 Å². The van der Waals surface area contributed by atoms with Gasteiger partial charge in [-0.25, -0.2) is 8.42 Å². The van der Waals surface area contributed by atoms with Gasteiger partial charge < -0.3 is 10.2 Å². The van der Waals surface area contributed by atoms with Gasteiger partial charge in [0.2, 0.25) is 5.91 Å². The molecular weight excluding hydrogens is 396 g/mol. The van der Waals surface area contributed by atoms with Crippen molar-refractivity contribution in [1.29, 1.82) is 0 Å². The van der Waals surface area contributed by atoms with E-state index in [0.717, 1.165) is 11.3 Å². The zero-order valence-corrected chi connectivity index (χ0v) is 18.0. The molecule has 5 nitrogen and oxygen atoms in total. The minimum absolute atomic E-state index is 0.00417. The number of benzene rings is 3. The van der Waals surface area contributed by atoms with E-state index in [-0.39, 0.29) is 23.8 Å². The Hall–Kier alpha value is -3.12. The highest BCUT2D eigenvalue weighted by molar-refractivity contribution is 7.91. The van der Waals surface area contributed by atoms with Gasteiger partial charge in [0.05, 0.1) is 11.3 Å². The predicted molar refractivity (Wildman–Crippen MR) is 120 cm³/mol. The molecule has 0 bridgehead atoms. The molecular formula is C24H26N2O3S. The maximum atomic E-state index is 13.4. The first-order valence-corrected chi connectivity index (χ1v) is 11.3. The van der Waals surface area contributed by atoms with Gasteiger partial charge in [-0.15, -0.1) is 0 Å². The van der Waals surface area contributed by atoms with Crippen molar-refractivity contribution < 1.29 is 13.2 Å². The van der Waals surface area contributed by atoms with Crippen molar-refractivity contribution >= 4 is 21.4 Å². The monoisotopic (exact) mass is 422 g/mol. The lowest BCUT2D eigenvalue weighted by Gasteiger charge is -2.20. The van der Waals surface area contributed by atoms with Crippen molar-refractivity contribution in [2.24, 2.45) is 0 Å². The molecule has 0 aliphatic carbocycles. The summed E-state index contributed by atoms with van der Waals surface area (Å²) in [5.41, 5.74) is 2.50. The summed E-state index contributed by atoms with van der Waals surface area (Å²) in [6.45, 7) is 0.00417. The van der Waals surface area contributed by atoms with E-state index in [2.05, 4.69) is 5.32 Å². The molecule has 30 heavy (non-hydrogen) atoms. The van der Waals surface area contributed by atoms with Crippen molar-refractivity contribution in [3.05, 3.63) is 96.1 Å². The zero-order valence-electron chi connectivity index (χ0n) is 17.2. The molecule has 0 saturated heterocycles. The van der Waals surface area contributed by atoms with E-state index in [9.17, 15) is 13.2 Å². The predicted octanol–water partition coefficient (Wildman–Crippen LogP) is 3.63. The second-order valence-corrected chi connectivity index (χ2v) is 9.43. The number of nitrogens with one attached hydrogen (secondary N) is 1. The lowest BCUT2D eigenvalue weighted by Crippen LogP contribution is -2.33. The highest BCUT2D eigenvalue weighted by Crippen LogP contribution is 2.29. The molecule has 1 N–H and O–H groups in total. The number of carbonyl (C=O) groups is 1. The minimum Gasteiger partial charge on any atom is -0.378 e. The number of hydrogen-bond donors (Lipinski definition) is 1. The summed E-state index contributed by atoms with van der Waals surface area (Å²) >= 11 is 0. The first kappa shape index (κ1) is 21.6. The van der Waals surface area contributed by atoms with Gasteiger partial charge in [0.15, 0.2) is 9.84 Å². The first-order valence-electron chi connectivity index (χ1n) is 9.75. The van der Waals surface area contributed by atoms with E-state index in [1.54, 1.807) is 30.3 Å². The van der Waals surface area contributed by atoms with Crippen LogP contribution in [0.4, 0.5) is 5.69 Å². The maximum Gasteiger partial charge on any atom is 0.224 e. The third kappa shape index (κ3) is 5.27. The minimum atomic E-state index is -3.68. The van der Waals surface area contributed by atoms with Gasteiger partial charge in [0.25, 0.3) is 0 Å². The van der Waals surface area contributed by atoms with Crippen LogP contribution in [0.2, 0.25) is 0 Å². The van der Waals surface area contributed by atoms with Crippen molar-refractivity contribution in [3.8, 4) is 0 Å². The number of anilines is 1. The molecule has 3 aromatic carbocycles. The number of carbonyl (C=O) groups excluding carboxylic acids is 1. The summed E-state index contributed by atoms with van der Waals surface area (Å²) in [4.78, 5) is 14.6. The molecule has 0 aliphatic heterocycles. The third-order valence-electron chi connectivity index (χ3n) is 4.92. The fourth-order valence-corrected chi connectivity index (χ4v) is 4.90. The average Bonchev–Trinajstić information content (AvgIpc) is 2.75. The topological polar surface area (TPSA) is 66.5 Å². The van der Waals surface area contributed by atoms with E-state index in [1.807, 2.05) is 73.6 Å². The first-order chi connectivity index (χ1) is 14.4. The molecule has 3 aromatic rings. The quantitative estimate of drug-likeness (QED) is 0.602. The van der Waals surface area contributed by atoms with E-state index in [0.29, 0.717) is 5.56 Å². The Morgan fingerprint density at radius 1 is 0.867 bits per heavy atom. The Balaban J connectivity index is 1.85. The van der Waals surface area contributed by atoms with Crippen molar-refractivity contribution in [2.45, 2.75) is 16.6 Å². The largest absolute Gasteiger partial charge is 0.378 e. The number of sulfone groups is 1. The van der Waals surface area contributed by atoms with Crippen LogP contribution < -0.4 is 10.2 Å². The van der Waals surface area contributed by atoms with E-state index < -0.39 is 15.1 Å². The van der Waals surface area contributed by atoms with Gasteiger partial charge in [0.1, 0.15) is 5.25 Å². The Morgan fingerprint density at radius 3 is 2.00 bits per heavy atom. The van der Waals surface area contributed by atoms with Crippen LogP contribution in [0.5, 0.6) is 0 Å². The molecule has 3 rings (SSSR count). The van der Waals surface area contributed by atoms with Crippen LogP contribution in [0.15, 0.2) is 89.8 Å². The van der Waals surface area contributed by atoms with Crippen LogP contribution >= 0.6 is 0 Å². The number of rotatable bonds is 8. The third-order valence-corrected chi connectivity index (χ3v) is 7.04. The second kappa shape index (κ2) is 9.59. The Morgan fingerprint density at radius 2 is 1.43 bits per heavy atom. The lowest BCUT2D eigenvalue weighted by atomic mass is 10.1. The normalized spacial score (nSPS) is 12.2. The van der Waals surface area contributed by atoms with Gasteiger partial charge in [-0.3, -0.25) is 4.79 Å². The zero-order chi connectivity index (χ0) is 21.6. The summed E-state index contributed by atoms with van der Waals surface area (Å²) in [6.07, 6.45) is 0.207. The highest BCUT2D eigenvalue weighted by Gasteiger charge is 2.29. The number of nitrogens with zero attached hydrogens (tertiary/aromatic N) is 1. The van der Waals surface area contributed by atoms with Crippen LogP contribution in [0, 0.1) is 0 Å². The molecule has 6 heteroatoms. The fraction of sp³-hybridized carbons (Fsp3) is 0.208. The van der Waals surface area contributed by atoms with Gasteiger partial charge in [0, 0.05) is 26.3 Å². The van der Waals surface area contributed by atoms with Crippen molar-refractivity contribution in [1.82, 2.24) is 5.32 Å². The summed E-state index contributed by atoms with van der Waals surface area (Å²) in [7, 11) is 0.171. The molecule has 0 fully saturated rings. The Bertz CT molecular complexity index is 1060. The van der Waals surface area contributed by atoms with Crippen LogP contribution in [0.1, 0.15) is 16.4 Å². The molecule has 0 spiro atoms. The maximum absolute atomic E-state index is 13.4. The smallest absolute Gasteiger partial charge is 0.224 e. The van der Waals surface area contributed by atoms with E-state index >= 15 is 0 Å².